The molecule has 3 rings (SSSR count). The summed E-state index contributed by atoms with van der Waals surface area (Å²) in [4.78, 5) is 14.4. The van der Waals surface area contributed by atoms with Gasteiger partial charge in [0.15, 0.2) is 11.5 Å². The van der Waals surface area contributed by atoms with Crippen LogP contribution in [0.4, 0.5) is 17.1 Å². The fraction of sp³-hybridized carbons (Fsp3) is 0.316. The van der Waals surface area contributed by atoms with E-state index in [2.05, 4.69) is 10.6 Å². The van der Waals surface area contributed by atoms with E-state index in [1.54, 1.807) is 0 Å². The van der Waals surface area contributed by atoms with Crippen molar-refractivity contribution >= 4 is 23.0 Å². The highest BCUT2D eigenvalue weighted by atomic mass is 16.6. The zero-order chi connectivity index (χ0) is 17.8. The molecule has 6 heteroatoms. The van der Waals surface area contributed by atoms with Gasteiger partial charge in [-0.3, -0.25) is 4.79 Å². The summed E-state index contributed by atoms with van der Waals surface area (Å²) in [7, 11) is 3.96. The number of ether oxygens (including phenoxy) is 2. The SMILES string of the molecule is C[C@H](Nc1ccc2c(c1)OCCO2)C(=O)Nc1ccc(N(C)C)cc1. The predicted octanol–water partition coefficient (Wildman–Crippen LogP) is 2.96. The molecule has 2 aromatic carbocycles. The maximum absolute atomic E-state index is 12.4. The van der Waals surface area contributed by atoms with Crippen LogP contribution in [0.15, 0.2) is 42.5 Å². The van der Waals surface area contributed by atoms with E-state index >= 15 is 0 Å². The average molecular weight is 341 g/mol. The lowest BCUT2D eigenvalue weighted by Gasteiger charge is -2.20. The van der Waals surface area contributed by atoms with E-state index in [1.165, 1.54) is 0 Å². The number of carbonyl (C=O) groups is 1. The molecule has 6 nitrogen and oxygen atoms in total. The second kappa shape index (κ2) is 7.34. The molecule has 0 aliphatic carbocycles. The molecule has 1 heterocycles. The summed E-state index contributed by atoms with van der Waals surface area (Å²) < 4.78 is 11.1. The predicted molar refractivity (Wildman–Crippen MR) is 99.9 cm³/mol. The molecular weight excluding hydrogens is 318 g/mol. The van der Waals surface area contributed by atoms with Crippen LogP contribution >= 0.6 is 0 Å². The molecule has 132 valence electrons. The fourth-order valence-corrected chi connectivity index (χ4v) is 2.54. The van der Waals surface area contributed by atoms with Gasteiger partial charge in [-0.25, -0.2) is 0 Å². The number of hydrogen-bond acceptors (Lipinski definition) is 5. The van der Waals surface area contributed by atoms with Crippen molar-refractivity contribution in [2.24, 2.45) is 0 Å². The Balaban J connectivity index is 1.60. The molecule has 1 aliphatic heterocycles. The Bertz CT molecular complexity index is 744. The zero-order valence-corrected chi connectivity index (χ0v) is 14.7. The van der Waals surface area contributed by atoms with Crippen LogP contribution in [0, 0.1) is 0 Å². The Kier molecular flexibility index (Phi) is 4.97. The molecular formula is C19H23N3O3. The van der Waals surface area contributed by atoms with Gasteiger partial charge in [0.25, 0.3) is 0 Å². The maximum Gasteiger partial charge on any atom is 0.246 e. The first-order valence-corrected chi connectivity index (χ1v) is 8.27. The van der Waals surface area contributed by atoms with E-state index in [0.717, 1.165) is 22.8 Å². The number of fused-ring (bicyclic) bond motifs is 1. The third-order valence-electron chi connectivity index (χ3n) is 3.97. The van der Waals surface area contributed by atoms with Gasteiger partial charge in [0.1, 0.15) is 19.3 Å². The summed E-state index contributed by atoms with van der Waals surface area (Å²) >= 11 is 0. The third kappa shape index (κ3) is 4.15. The molecule has 1 aliphatic rings. The Morgan fingerprint density at radius 3 is 2.32 bits per heavy atom. The van der Waals surface area contributed by atoms with Crippen molar-refractivity contribution in [3.63, 3.8) is 0 Å². The summed E-state index contributed by atoms with van der Waals surface area (Å²) in [6, 6.07) is 12.9. The standard InChI is InChI=1S/C19H23N3O3/c1-13(19(23)21-14-4-7-16(8-5-14)22(2)3)20-15-6-9-17-18(12-15)25-11-10-24-17/h4-9,12-13,20H,10-11H2,1-3H3,(H,21,23)/t13-/m0/s1. The number of benzene rings is 2. The summed E-state index contributed by atoms with van der Waals surface area (Å²) in [5.41, 5.74) is 2.67. The van der Waals surface area contributed by atoms with E-state index in [4.69, 9.17) is 9.47 Å². The number of anilines is 3. The average Bonchev–Trinajstić information content (AvgIpc) is 2.62. The molecule has 0 saturated carbocycles. The number of rotatable bonds is 5. The molecule has 25 heavy (non-hydrogen) atoms. The van der Waals surface area contributed by atoms with Crippen LogP contribution in [0.1, 0.15) is 6.92 Å². The highest BCUT2D eigenvalue weighted by Crippen LogP contribution is 2.32. The first-order chi connectivity index (χ1) is 12.0. The fourth-order valence-electron chi connectivity index (χ4n) is 2.54. The van der Waals surface area contributed by atoms with E-state index in [-0.39, 0.29) is 5.91 Å². The Hall–Kier alpha value is -2.89. The van der Waals surface area contributed by atoms with Crippen LogP contribution in [-0.4, -0.2) is 39.3 Å². The van der Waals surface area contributed by atoms with E-state index in [1.807, 2.05) is 68.4 Å². The molecule has 0 bridgehead atoms. The topological polar surface area (TPSA) is 62.8 Å². The molecule has 0 unspecified atom stereocenters. The highest BCUT2D eigenvalue weighted by Gasteiger charge is 2.16. The van der Waals surface area contributed by atoms with Gasteiger partial charge >= 0.3 is 0 Å². The van der Waals surface area contributed by atoms with Crippen LogP contribution in [0.3, 0.4) is 0 Å². The maximum atomic E-state index is 12.4. The largest absolute Gasteiger partial charge is 0.486 e. The molecule has 0 spiro atoms. The zero-order valence-electron chi connectivity index (χ0n) is 14.7. The van der Waals surface area contributed by atoms with Crippen molar-refractivity contribution in [3.05, 3.63) is 42.5 Å². The minimum atomic E-state index is -0.393. The summed E-state index contributed by atoms with van der Waals surface area (Å²) in [6.07, 6.45) is 0. The Morgan fingerprint density at radius 1 is 1.00 bits per heavy atom. The van der Waals surface area contributed by atoms with Crippen molar-refractivity contribution in [2.75, 3.05) is 42.8 Å². The minimum Gasteiger partial charge on any atom is -0.486 e. The molecule has 0 saturated heterocycles. The van der Waals surface area contributed by atoms with Gasteiger partial charge in [0.2, 0.25) is 5.91 Å². The van der Waals surface area contributed by atoms with Crippen LogP contribution in [0.2, 0.25) is 0 Å². The van der Waals surface area contributed by atoms with Gasteiger partial charge in [-0.2, -0.15) is 0 Å². The van der Waals surface area contributed by atoms with Crippen molar-refractivity contribution in [3.8, 4) is 11.5 Å². The summed E-state index contributed by atoms with van der Waals surface area (Å²) in [5, 5.41) is 6.10. The van der Waals surface area contributed by atoms with Crippen molar-refractivity contribution < 1.29 is 14.3 Å². The smallest absolute Gasteiger partial charge is 0.246 e. The number of nitrogens with one attached hydrogen (secondary N) is 2. The molecule has 2 N–H and O–H groups in total. The van der Waals surface area contributed by atoms with Gasteiger partial charge in [-0.15, -0.1) is 0 Å². The van der Waals surface area contributed by atoms with Crippen molar-refractivity contribution in [1.82, 2.24) is 0 Å². The lowest BCUT2D eigenvalue weighted by atomic mass is 10.2. The number of carbonyl (C=O) groups excluding carboxylic acids is 1. The second-order valence-corrected chi connectivity index (χ2v) is 6.16. The lowest BCUT2D eigenvalue weighted by Crippen LogP contribution is -2.31. The Labute approximate surface area is 147 Å². The van der Waals surface area contributed by atoms with Gasteiger partial charge < -0.3 is 25.0 Å². The van der Waals surface area contributed by atoms with Gasteiger partial charge in [0, 0.05) is 37.2 Å². The second-order valence-electron chi connectivity index (χ2n) is 6.16. The van der Waals surface area contributed by atoms with Crippen LogP contribution < -0.4 is 25.0 Å². The number of amides is 1. The minimum absolute atomic E-state index is 0.104. The molecule has 1 amide bonds. The van der Waals surface area contributed by atoms with Crippen molar-refractivity contribution in [1.29, 1.82) is 0 Å². The van der Waals surface area contributed by atoms with Gasteiger partial charge in [-0.05, 0) is 43.3 Å². The van der Waals surface area contributed by atoms with E-state index in [9.17, 15) is 4.79 Å². The van der Waals surface area contributed by atoms with E-state index < -0.39 is 6.04 Å². The van der Waals surface area contributed by atoms with E-state index in [0.29, 0.717) is 19.0 Å². The quantitative estimate of drug-likeness (QED) is 0.875. The molecule has 0 radical (unpaired) electrons. The molecule has 1 atom stereocenters. The summed E-state index contributed by atoms with van der Waals surface area (Å²) in [5.74, 6) is 1.32. The van der Waals surface area contributed by atoms with Gasteiger partial charge in [-0.1, -0.05) is 0 Å². The summed E-state index contributed by atoms with van der Waals surface area (Å²) in [6.45, 7) is 2.92. The van der Waals surface area contributed by atoms with Crippen molar-refractivity contribution in [2.45, 2.75) is 13.0 Å². The monoisotopic (exact) mass is 341 g/mol. The Morgan fingerprint density at radius 2 is 1.64 bits per heavy atom. The first kappa shape index (κ1) is 17.0. The van der Waals surface area contributed by atoms with Gasteiger partial charge in [0.05, 0.1) is 0 Å². The molecule has 2 aromatic rings. The lowest BCUT2D eigenvalue weighted by molar-refractivity contribution is -0.116. The molecule has 0 fully saturated rings. The highest BCUT2D eigenvalue weighted by molar-refractivity contribution is 5.96. The third-order valence-corrected chi connectivity index (χ3v) is 3.97. The molecule has 0 aromatic heterocycles. The van der Waals surface area contributed by atoms with Crippen LogP contribution in [0.25, 0.3) is 0 Å². The van der Waals surface area contributed by atoms with Crippen LogP contribution in [-0.2, 0) is 4.79 Å². The van der Waals surface area contributed by atoms with Crippen LogP contribution in [0.5, 0.6) is 11.5 Å². The first-order valence-electron chi connectivity index (χ1n) is 8.27. The number of hydrogen-bond donors (Lipinski definition) is 2. The normalized spacial score (nSPS) is 13.7. The number of nitrogens with zero attached hydrogens (tertiary/aromatic N) is 1.